The predicted octanol–water partition coefficient (Wildman–Crippen LogP) is 3.99. The summed E-state index contributed by atoms with van der Waals surface area (Å²) in [6.07, 6.45) is 0.348. The Morgan fingerprint density at radius 2 is 1.13 bits per heavy atom. The van der Waals surface area contributed by atoms with Gasteiger partial charge in [-0.25, -0.2) is 0 Å². The van der Waals surface area contributed by atoms with Crippen molar-refractivity contribution in [2.24, 2.45) is 0 Å². The molecule has 2 N–H and O–H groups in total. The van der Waals surface area contributed by atoms with Crippen molar-refractivity contribution in [1.82, 2.24) is 10.6 Å². The number of Topliss-reactive ketones (excluding diaryl/α,β-unsaturated/α-hetero) is 1. The number of hydrogen-bond acceptors (Lipinski definition) is 4. The highest BCUT2D eigenvalue weighted by molar-refractivity contribution is 14.1. The van der Waals surface area contributed by atoms with Crippen LogP contribution in [0.5, 0.6) is 0 Å². The third kappa shape index (κ3) is 4.75. The molecule has 0 radical (unpaired) electrons. The van der Waals surface area contributed by atoms with Crippen LogP contribution >= 0.6 is 57.4 Å². The van der Waals surface area contributed by atoms with Crippen molar-refractivity contribution in [1.29, 1.82) is 0 Å². The summed E-state index contributed by atoms with van der Waals surface area (Å²) in [5.74, 6) is -0.240. The first-order chi connectivity index (χ1) is 14.0. The molecule has 0 saturated carbocycles. The molecule has 2 heterocycles. The van der Waals surface area contributed by atoms with Gasteiger partial charge in [-0.05, 0) is 94.4 Å². The van der Waals surface area contributed by atoms with Gasteiger partial charge >= 0.3 is 0 Å². The van der Waals surface area contributed by atoms with Gasteiger partial charge in [0.25, 0.3) is 0 Å². The summed E-state index contributed by atoms with van der Waals surface area (Å²) in [7, 11) is 0. The van der Waals surface area contributed by atoms with E-state index in [1.165, 1.54) is 3.57 Å². The van der Waals surface area contributed by atoms with Crippen molar-refractivity contribution in [2.45, 2.75) is 37.8 Å². The van der Waals surface area contributed by atoms with Gasteiger partial charge in [-0.15, -0.1) is 0 Å². The van der Waals surface area contributed by atoms with Crippen LogP contribution < -0.4 is 10.6 Å². The van der Waals surface area contributed by atoms with E-state index in [2.05, 4.69) is 55.8 Å². The number of ketones is 1. The molecule has 2 aromatic carbocycles. The molecule has 30 heavy (non-hydrogen) atoms. The van der Waals surface area contributed by atoms with Gasteiger partial charge in [0.15, 0.2) is 5.78 Å². The number of halogens is 2. The fourth-order valence-electron chi connectivity index (χ4n) is 3.46. The van der Waals surface area contributed by atoms with Gasteiger partial charge in [0, 0.05) is 12.0 Å². The Labute approximate surface area is 208 Å². The molecule has 156 valence electrons. The molecule has 0 spiro atoms. The third-order valence-electron chi connectivity index (χ3n) is 5.38. The SMILES string of the molecule is CC1(c2ccc(I)cc2)NC(=O)CC1=O.CC1(c2ccc(I)cc2)NC(=O)CC1=S. The predicted molar refractivity (Wildman–Crippen MR) is 136 cm³/mol. The molecule has 2 saturated heterocycles. The number of hydrogen-bond donors (Lipinski definition) is 2. The Bertz CT molecular complexity index is 940. The molecule has 2 aliphatic rings. The minimum absolute atomic E-state index is 0.0114. The van der Waals surface area contributed by atoms with Crippen molar-refractivity contribution in [2.75, 3.05) is 0 Å². The van der Waals surface area contributed by atoms with E-state index in [9.17, 15) is 14.4 Å². The van der Waals surface area contributed by atoms with E-state index in [-0.39, 0.29) is 24.0 Å². The van der Waals surface area contributed by atoms with Gasteiger partial charge in [0.1, 0.15) is 5.54 Å². The molecular formula is C22H20I2N2O3S. The number of benzene rings is 2. The minimum atomic E-state index is -0.832. The fourth-order valence-corrected chi connectivity index (χ4v) is 4.48. The maximum absolute atomic E-state index is 11.7. The van der Waals surface area contributed by atoms with Crippen LogP contribution in [0, 0.1) is 7.14 Å². The Morgan fingerprint density at radius 1 is 0.733 bits per heavy atom. The lowest BCUT2D eigenvalue weighted by Crippen LogP contribution is -2.40. The van der Waals surface area contributed by atoms with Gasteiger partial charge in [-0.1, -0.05) is 36.5 Å². The maximum atomic E-state index is 11.7. The average molecular weight is 646 g/mol. The summed E-state index contributed by atoms with van der Waals surface area (Å²) in [5, 5.41) is 5.66. The summed E-state index contributed by atoms with van der Waals surface area (Å²) in [6, 6.07) is 15.7. The molecule has 2 aromatic rings. The number of rotatable bonds is 2. The first kappa shape index (κ1) is 23.3. The van der Waals surface area contributed by atoms with Crippen LogP contribution in [0.1, 0.15) is 37.8 Å². The summed E-state index contributed by atoms with van der Waals surface area (Å²) in [6.45, 7) is 3.71. The molecule has 0 bridgehead atoms. The quantitative estimate of drug-likeness (QED) is 0.294. The van der Waals surface area contributed by atoms with E-state index < -0.39 is 11.1 Å². The van der Waals surface area contributed by atoms with E-state index in [4.69, 9.17) is 12.2 Å². The molecule has 5 nitrogen and oxygen atoms in total. The van der Waals surface area contributed by atoms with Crippen molar-refractivity contribution < 1.29 is 14.4 Å². The number of carbonyl (C=O) groups is 3. The molecule has 2 fully saturated rings. The van der Waals surface area contributed by atoms with E-state index in [1.807, 2.05) is 55.5 Å². The Morgan fingerprint density at radius 3 is 1.50 bits per heavy atom. The lowest BCUT2D eigenvalue weighted by atomic mass is 9.90. The second-order valence-corrected chi connectivity index (χ2v) is 10.5. The lowest BCUT2D eigenvalue weighted by Gasteiger charge is -2.24. The van der Waals surface area contributed by atoms with Gasteiger partial charge < -0.3 is 10.6 Å². The molecule has 2 unspecified atom stereocenters. The summed E-state index contributed by atoms with van der Waals surface area (Å²) in [4.78, 5) is 35.0. The van der Waals surface area contributed by atoms with Gasteiger partial charge in [0.05, 0.1) is 18.4 Å². The number of thiocarbonyl (C=S) groups is 1. The third-order valence-corrected chi connectivity index (χ3v) is 7.37. The number of nitrogens with one attached hydrogen (secondary N) is 2. The highest BCUT2D eigenvalue weighted by Gasteiger charge is 2.43. The summed E-state index contributed by atoms with van der Waals surface area (Å²) >= 11 is 9.72. The number of carbonyl (C=O) groups excluding carboxylic acids is 3. The molecule has 4 rings (SSSR count). The van der Waals surface area contributed by atoms with Crippen LogP contribution in [0.3, 0.4) is 0 Å². The maximum Gasteiger partial charge on any atom is 0.228 e. The van der Waals surface area contributed by atoms with Gasteiger partial charge in [0.2, 0.25) is 11.8 Å². The van der Waals surface area contributed by atoms with E-state index in [0.717, 1.165) is 19.6 Å². The van der Waals surface area contributed by atoms with E-state index in [1.54, 1.807) is 6.92 Å². The molecule has 2 aliphatic heterocycles. The Hall–Kier alpha value is -1.40. The minimum Gasteiger partial charge on any atom is -0.342 e. The van der Waals surface area contributed by atoms with Crippen molar-refractivity contribution >= 4 is 79.9 Å². The van der Waals surface area contributed by atoms with Gasteiger partial charge in [-0.2, -0.15) is 0 Å². The number of amides is 2. The Kier molecular flexibility index (Phi) is 6.97. The van der Waals surface area contributed by atoms with E-state index in [0.29, 0.717) is 6.42 Å². The normalized spacial score (nSPS) is 25.5. The molecule has 0 aliphatic carbocycles. The zero-order valence-corrected chi connectivity index (χ0v) is 21.6. The average Bonchev–Trinajstić information content (AvgIpc) is 3.10. The van der Waals surface area contributed by atoms with Crippen molar-refractivity contribution in [3.63, 3.8) is 0 Å². The first-order valence-electron chi connectivity index (χ1n) is 9.25. The fraction of sp³-hybridized carbons (Fsp3) is 0.273. The topological polar surface area (TPSA) is 75.3 Å². The highest BCUT2D eigenvalue weighted by atomic mass is 127. The lowest BCUT2D eigenvalue weighted by molar-refractivity contribution is -0.123. The highest BCUT2D eigenvalue weighted by Crippen LogP contribution is 2.30. The molecule has 2 amide bonds. The Balaban J connectivity index is 0.000000171. The zero-order chi connectivity index (χ0) is 22.1. The van der Waals surface area contributed by atoms with Crippen LogP contribution in [0.4, 0.5) is 0 Å². The van der Waals surface area contributed by atoms with Crippen LogP contribution in [0.25, 0.3) is 0 Å². The van der Waals surface area contributed by atoms with Crippen LogP contribution in [-0.2, 0) is 25.5 Å². The standard InChI is InChI=1S/C11H10INO2.C11H10INOS/c1-11(9(14)6-10(15)13-11)7-2-4-8(12)5-3-7;1-11(9(15)6-10(14)13-11)7-2-4-8(12)5-3-7/h2-5H,6H2,1H3,(H,13,15);2-5H,6H2,1H3,(H,13,14). The largest absolute Gasteiger partial charge is 0.342 e. The summed E-state index contributed by atoms with van der Waals surface area (Å²) in [5.41, 5.74) is 0.607. The van der Waals surface area contributed by atoms with Crippen LogP contribution in [0.15, 0.2) is 48.5 Å². The van der Waals surface area contributed by atoms with Crippen molar-refractivity contribution in [3.05, 3.63) is 66.8 Å². The second kappa shape index (κ2) is 8.99. The molecule has 2 atom stereocenters. The van der Waals surface area contributed by atoms with E-state index >= 15 is 0 Å². The van der Waals surface area contributed by atoms with Crippen molar-refractivity contribution in [3.8, 4) is 0 Å². The smallest absolute Gasteiger partial charge is 0.228 e. The van der Waals surface area contributed by atoms with Crippen LogP contribution in [0.2, 0.25) is 0 Å². The van der Waals surface area contributed by atoms with Crippen LogP contribution in [-0.4, -0.2) is 22.5 Å². The zero-order valence-electron chi connectivity index (χ0n) is 16.4. The molecular weight excluding hydrogens is 626 g/mol. The molecule has 0 aromatic heterocycles. The summed E-state index contributed by atoms with van der Waals surface area (Å²) < 4.78 is 2.28. The second-order valence-electron chi connectivity index (χ2n) is 7.56. The first-order valence-corrected chi connectivity index (χ1v) is 11.8. The molecule has 8 heteroatoms. The monoisotopic (exact) mass is 646 g/mol. The van der Waals surface area contributed by atoms with Gasteiger partial charge in [-0.3, -0.25) is 14.4 Å².